The Morgan fingerprint density at radius 2 is 1.35 bits per heavy atom. The quantitative estimate of drug-likeness (QED) is 0.172. The fourth-order valence-electron chi connectivity index (χ4n) is 5.60. The first-order valence-electron chi connectivity index (χ1n) is 17.0. The fraction of sp³-hybridized carbons (Fsp3) is 0.800. The molecular weight excluding hydrogens is 586 g/mol. The Morgan fingerprint density at radius 3 is 1.80 bits per heavy atom. The number of allylic oxidation sites excluding steroid dienone is 2. The van der Waals surface area contributed by atoms with Crippen molar-refractivity contribution in [2.75, 3.05) is 28.2 Å². The van der Waals surface area contributed by atoms with E-state index in [9.17, 15) is 29.1 Å². The van der Waals surface area contributed by atoms with Crippen molar-refractivity contribution in [3.05, 3.63) is 12.2 Å². The molecule has 0 unspecified atom stereocenters. The Bertz CT molecular complexity index is 1010. The highest BCUT2D eigenvalue weighted by Gasteiger charge is 2.43. The number of likely N-dealkylation sites (N-methyl/N-ethyl adjacent to an activating group) is 4. The predicted molar refractivity (Wildman–Crippen MR) is 184 cm³/mol. The number of nitrogens with zero attached hydrogens (tertiary/aromatic N) is 3. The molecule has 0 aromatic rings. The first-order valence-corrected chi connectivity index (χ1v) is 17.0. The van der Waals surface area contributed by atoms with E-state index in [2.05, 4.69) is 10.6 Å². The summed E-state index contributed by atoms with van der Waals surface area (Å²) in [6.07, 6.45) is 5.41. The van der Waals surface area contributed by atoms with Crippen LogP contribution in [-0.4, -0.2) is 108 Å². The van der Waals surface area contributed by atoms with E-state index in [0.717, 1.165) is 0 Å². The zero-order chi connectivity index (χ0) is 35.9. The standard InChI is InChI=1S/C35H65N5O6/c1-14-16-18-25(9)31(42)30(33(44)37-26(17-15-2)32(43)36-10)40(13)35(46)29(24(7)8)39(12)34(45)27(21-23(5)6)38(11)28(41)20-19-22(3)4/h14,16,22-27,29-31,42H,15,17-21H2,1-13H3,(H,36,43)(H,37,44)/b16-14+/t25-,26+,27+,29+,30+,31-/m1/s1. The predicted octanol–water partition coefficient (Wildman–Crippen LogP) is 3.60. The third-order valence-corrected chi connectivity index (χ3v) is 8.57. The molecule has 0 spiro atoms. The number of amides is 5. The minimum absolute atomic E-state index is 0.108. The Balaban J connectivity index is 6.62. The summed E-state index contributed by atoms with van der Waals surface area (Å²) in [6, 6.07) is -3.91. The fourth-order valence-corrected chi connectivity index (χ4v) is 5.60. The Kier molecular flexibility index (Phi) is 19.7. The van der Waals surface area contributed by atoms with Gasteiger partial charge >= 0.3 is 0 Å². The number of rotatable bonds is 20. The molecule has 0 saturated heterocycles. The van der Waals surface area contributed by atoms with E-state index in [4.69, 9.17) is 0 Å². The van der Waals surface area contributed by atoms with Crippen LogP contribution in [0.15, 0.2) is 12.2 Å². The van der Waals surface area contributed by atoms with Gasteiger partial charge < -0.3 is 30.4 Å². The van der Waals surface area contributed by atoms with Gasteiger partial charge in [0, 0.05) is 34.6 Å². The van der Waals surface area contributed by atoms with Gasteiger partial charge in [-0.2, -0.15) is 0 Å². The molecule has 0 aromatic heterocycles. The van der Waals surface area contributed by atoms with Gasteiger partial charge in [0.05, 0.1) is 6.10 Å². The third-order valence-electron chi connectivity index (χ3n) is 8.57. The van der Waals surface area contributed by atoms with Crippen LogP contribution < -0.4 is 10.6 Å². The van der Waals surface area contributed by atoms with Crippen LogP contribution in [0.4, 0.5) is 0 Å². The molecular formula is C35H65N5O6. The zero-order valence-electron chi connectivity index (χ0n) is 30.9. The van der Waals surface area contributed by atoms with Gasteiger partial charge in [-0.25, -0.2) is 0 Å². The van der Waals surface area contributed by atoms with Gasteiger partial charge in [-0.05, 0) is 56.3 Å². The zero-order valence-corrected chi connectivity index (χ0v) is 30.9. The number of hydrogen-bond acceptors (Lipinski definition) is 6. The second-order valence-corrected chi connectivity index (χ2v) is 13.9. The lowest BCUT2D eigenvalue weighted by Crippen LogP contribution is -2.63. The summed E-state index contributed by atoms with van der Waals surface area (Å²) < 4.78 is 0. The summed E-state index contributed by atoms with van der Waals surface area (Å²) in [7, 11) is 6.14. The van der Waals surface area contributed by atoms with Gasteiger partial charge in [0.25, 0.3) is 0 Å². The average molecular weight is 652 g/mol. The molecule has 0 aliphatic heterocycles. The number of carbonyl (C=O) groups is 5. The highest BCUT2D eigenvalue weighted by molar-refractivity contribution is 5.95. The van der Waals surface area contributed by atoms with Gasteiger partial charge in [-0.15, -0.1) is 0 Å². The molecule has 5 amide bonds. The maximum absolute atomic E-state index is 14.3. The molecule has 0 rings (SSSR count). The normalized spacial score (nSPS) is 15.7. The van der Waals surface area contributed by atoms with Crippen molar-refractivity contribution in [3.63, 3.8) is 0 Å². The lowest BCUT2D eigenvalue weighted by molar-refractivity contribution is -0.156. The van der Waals surface area contributed by atoms with Crippen molar-refractivity contribution in [2.24, 2.45) is 23.7 Å². The summed E-state index contributed by atoms with van der Waals surface area (Å²) in [5.74, 6) is -2.33. The van der Waals surface area contributed by atoms with Crippen LogP contribution in [0.2, 0.25) is 0 Å². The van der Waals surface area contributed by atoms with E-state index in [1.165, 1.54) is 28.8 Å². The summed E-state index contributed by atoms with van der Waals surface area (Å²) in [6.45, 7) is 17.2. The monoisotopic (exact) mass is 651 g/mol. The molecule has 11 heteroatoms. The van der Waals surface area contributed by atoms with E-state index in [1.807, 2.05) is 67.5 Å². The molecule has 0 saturated carbocycles. The molecule has 3 N–H and O–H groups in total. The first-order chi connectivity index (χ1) is 21.4. The molecule has 0 aromatic carbocycles. The SMILES string of the molecule is C/C=C/C[C@@H](C)[C@@H](O)[C@@H](C(=O)N[C@@H](CCC)C(=O)NC)N(C)C(=O)[C@H](C(C)C)N(C)C(=O)[C@H](CC(C)C)N(C)C(=O)CCC(C)C. The van der Waals surface area contributed by atoms with E-state index in [1.54, 1.807) is 21.0 Å². The Labute approximate surface area is 278 Å². The second kappa shape index (κ2) is 21.0. The number of aliphatic hydroxyl groups is 1. The molecule has 46 heavy (non-hydrogen) atoms. The van der Waals surface area contributed by atoms with Crippen molar-refractivity contribution in [1.82, 2.24) is 25.3 Å². The molecule has 0 heterocycles. The van der Waals surface area contributed by atoms with Crippen LogP contribution in [0.5, 0.6) is 0 Å². The molecule has 0 aliphatic rings. The molecule has 11 nitrogen and oxygen atoms in total. The molecule has 0 aliphatic carbocycles. The van der Waals surface area contributed by atoms with E-state index in [-0.39, 0.29) is 29.6 Å². The van der Waals surface area contributed by atoms with Crippen LogP contribution >= 0.6 is 0 Å². The van der Waals surface area contributed by atoms with Crippen LogP contribution in [0, 0.1) is 23.7 Å². The molecule has 6 atom stereocenters. The van der Waals surface area contributed by atoms with Crippen LogP contribution in [0.25, 0.3) is 0 Å². The summed E-state index contributed by atoms with van der Waals surface area (Å²) in [4.78, 5) is 72.0. The minimum Gasteiger partial charge on any atom is -0.390 e. The van der Waals surface area contributed by atoms with Crippen molar-refractivity contribution >= 4 is 29.5 Å². The maximum Gasteiger partial charge on any atom is 0.246 e. The number of aliphatic hydroxyl groups excluding tert-OH is 1. The van der Waals surface area contributed by atoms with Gasteiger partial charge in [-0.3, -0.25) is 24.0 Å². The summed E-state index contributed by atoms with van der Waals surface area (Å²) in [5, 5.41) is 16.8. The van der Waals surface area contributed by atoms with Crippen molar-refractivity contribution in [3.8, 4) is 0 Å². The molecule has 0 radical (unpaired) electrons. The van der Waals surface area contributed by atoms with Crippen LogP contribution in [0.3, 0.4) is 0 Å². The number of hydrogen-bond donors (Lipinski definition) is 3. The van der Waals surface area contributed by atoms with Crippen molar-refractivity contribution < 1.29 is 29.1 Å². The average Bonchev–Trinajstić information content (AvgIpc) is 2.99. The maximum atomic E-state index is 14.3. The molecule has 266 valence electrons. The van der Waals surface area contributed by atoms with Gasteiger partial charge in [0.15, 0.2) is 0 Å². The van der Waals surface area contributed by atoms with E-state index >= 15 is 0 Å². The second-order valence-electron chi connectivity index (χ2n) is 13.9. The lowest BCUT2D eigenvalue weighted by atomic mass is 9.91. The smallest absolute Gasteiger partial charge is 0.246 e. The van der Waals surface area contributed by atoms with Crippen LogP contribution in [0.1, 0.15) is 101 Å². The summed E-state index contributed by atoms with van der Waals surface area (Å²) in [5.41, 5.74) is 0. The molecule has 0 fully saturated rings. The van der Waals surface area contributed by atoms with Gasteiger partial charge in [0.2, 0.25) is 29.5 Å². The van der Waals surface area contributed by atoms with Gasteiger partial charge in [-0.1, -0.05) is 74.0 Å². The Morgan fingerprint density at radius 1 is 0.783 bits per heavy atom. The Hall–Kier alpha value is -2.95. The first kappa shape index (κ1) is 43.0. The van der Waals surface area contributed by atoms with Crippen LogP contribution in [-0.2, 0) is 24.0 Å². The summed E-state index contributed by atoms with van der Waals surface area (Å²) >= 11 is 0. The van der Waals surface area contributed by atoms with E-state index < -0.39 is 48.0 Å². The third kappa shape index (κ3) is 13.0. The van der Waals surface area contributed by atoms with E-state index in [0.29, 0.717) is 44.4 Å². The highest BCUT2D eigenvalue weighted by Crippen LogP contribution is 2.23. The minimum atomic E-state index is -1.33. The van der Waals surface area contributed by atoms with Gasteiger partial charge in [0.1, 0.15) is 24.2 Å². The number of carbonyl (C=O) groups excluding carboxylic acids is 5. The molecule has 0 bridgehead atoms. The van der Waals surface area contributed by atoms with Crippen molar-refractivity contribution in [2.45, 2.75) is 131 Å². The van der Waals surface area contributed by atoms with Crippen molar-refractivity contribution in [1.29, 1.82) is 0 Å². The topological polar surface area (TPSA) is 139 Å². The largest absolute Gasteiger partial charge is 0.390 e. The highest BCUT2D eigenvalue weighted by atomic mass is 16.3. The number of nitrogens with one attached hydrogen (secondary N) is 2. The lowest BCUT2D eigenvalue weighted by Gasteiger charge is -2.40.